The lowest BCUT2D eigenvalue weighted by atomic mass is 10.3. The Bertz CT molecular complexity index is 744. The molecule has 0 unspecified atom stereocenters. The molecule has 0 saturated heterocycles. The minimum atomic E-state index is -3.68. The van der Waals surface area contributed by atoms with E-state index in [9.17, 15) is 13.2 Å². The molecule has 2 aliphatic rings. The highest BCUT2D eigenvalue weighted by Crippen LogP contribution is 2.32. The number of amides is 2. The first kappa shape index (κ1) is 14.6. The van der Waals surface area contributed by atoms with Crippen molar-refractivity contribution in [2.75, 3.05) is 25.6 Å². The van der Waals surface area contributed by atoms with Crippen LogP contribution < -0.4 is 14.9 Å². The lowest BCUT2D eigenvalue weighted by molar-refractivity contribution is 0.171. The van der Waals surface area contributed by atoms with Gasteiger partial charge in [0.05, 0.1) is 17.2 Å². The second kappa shape index (κ2) is 5.48. The van der Waals surface area contributed by atoms with Crippen LogP contribution in [0, 0.1) is 0 Å². The van der Waals surface area contributed by atoms with Crippen molar-refractivity contribution in [1.82, 2.24) is 10.3 Å². The average Bonchev–Trinajstić information content (AvgIpc) is 2.50. The molecule has 0 atom stereocenters. The normalized spacial score (nSPS) is 17.8. The molecule has 0 aromatic heterocycles. The van der Waals surface area contributed by atoms with Gasteiger partial charge in [-0.15, -0.1) is 0 Å². The van der Waals surface area contributed by atoms with Crippen LogP contribution in [0.15, 0.2) is 28.2 Å². The van der Waals surface area contributed by atoms with E-state index in [1.165, 1.54) is 17.0 Å². The van der Waals surface area contributed by atoms with Crippen molar-refractivity contribution < 1.29 is 22.7 Å². The fourth-order valence-corrected chi connectivity index (χ4v) is 3.53. The standard InChI is InChI=1S/C13H15N3O5S/c1-9-7-16(13(17)15-14-9)8-22(18,19)10-2-3-11-12(6-10)21-5-4-20-11/h2-3,6H,4-5,7-8H2,1H3,(H,15,17). The molecule has 2 aliphatic heterocycles. The molecular formula is C13H15N3O5S. The maximum atomic E-state index is 12.5. The van der Waals surface area contributed by atoms with Crippen LogP contribution in [-0.4, -0.2) is 50.7 Å². The highest BCUT2D eigenvalue weighted by Gasteiger charge is 2.27. The summed E-state index contributed by atoms with van der Waals surface area (Å²) < 4.78 is 35.7. The van der Waals surface area contributed by atoms with Gasteiger partial charge in [-0.2, -0.15) is 5.10 Å². The summed E-state index contributed by atoms with van der Waals surface area (Å²) >= 11 is 0. The van der Waals surface area contributed by atoms with Crippen LogP contribution in [0.3, 0.4) is 0 Å². The van der Waals surface area contributed by atoms with Crippen LogP contribution in [0.1, 0.15) is 6.92 Å². The molecule has 0 spiro atoms. The Morgan fingerprint density at radius 3 is 2.77 bits per heavy atom. The van der Waals surface area contributed by atoms with Gasteiger partial charge in [-0.3, -0.25) is 0 Å². The molecule has 118 valence electrons. The monoisotopic (exact) mass is 325 g/mol. The lowest BCUT2D eigenvalue weighted by Crippen LogP contribution is -2.47. The Kier molecular flexibility index (Phi) is 3.65. The number of carbonyl (C=O) groups excluding carboxylic acids is 1. The number of urea groups is 1. The molecular weight excluding hydrogens is 310 g/mol. The summed E-state index contributed by atoms with van der Waals surface area (Å²) in [4.78, 5) is 13.0. The molecule has 22 heavy (non-hydrogen) atoms. The predicted octanol–water partition coefficient (Wildman–Crippen LogP) is 0.590. The lowest BCUT2D eigenvalue weighted by Gasteiger charge is -2.25. The van der Waals surface area contributed by atoms with Gasteiger partial charge in [-0.05, 0) is 19.1 Å². The molecule has 0 fully saturated rings. The molecule has 1 aromatic carbocycles. The number of nitrogens with one attached hydrogen (secondary N) is 1. The predicted molar refractivity (Wildman–Crippen MR) is 77.8 cm³/mol. The minimum absolute atomic E-state index is 0.0877. The first-order valence-electron chi connectivity index (χ1n) is 6.66. The number of hydrogen-bond donors (Lipinski definition) is 1. The van der Waals surface area contributed by atoms with Crippen LogP contribution in [0.4, 0.5) is 4.79 Å². The van der Waals surface area contributed by atoms with Gasteiger partial charge in [0.1, 0.15) is 19.1 Å². The molecule has 1 aromatic rings. The molecule has 3 rings (SSSR count). The molecule has 9 heteroatoms. The molecule has 8 nitrogen and oxygen atoms in total. The van der Waals surface area contributed by atoms with E-state index in [0.717, 1.165) is 0 Å². The van der Waals surface area contributed by atoms with Gasteiger partial charge < -0.3 is 14.4 Å². The van der Waals surface area contributed by atoms with Crippen LogP contribution >= 0.6 is 0 Å². The molecule has 1 N–H and O–H groups in total. The van der Waals surface area contributed by atoms with E-state index >= 15 is 0 Å². The van der Waals surface area contributed by atoms with E-state index in [0.29, 0.717) is 30.4 Å². The zero-order chi connectivity index (χ0) is 15.7. The van der Waals surface area contributed by atoms with Gasteiger partial charge >= 0.3 is 6.03 Å². The first-order valence-corrected chi connectivity index (χ1v) is 8.31. The summed E-state index contributed by atoms with van der Waals surface area (Å²) in [5.74, 6) is 0.489. The summed E-state index contributed by atoms with van der Waals surface area (Å²) in [5, 5.41) is 3.77. The van der Waals surface area contributed by atoms with Gasteiger partial charge in [0.15, 0.2) is 21.3 Å². The van der Waals surface area contributed by atoms with Crippen LogP contribution in [0.2, 0.25) is 0 Å². The number of rotatable bonds is 3. The minimum Gasteiger partial charge on any atom is -0.486 e. The van der Waals surface area contributed by atoms with Gasteiger partial charge in [-0.25, -0.2) is 18.6 Å². The van der Waals surface area contributed by atoms with Crippen molar-refractivity contribution >= 4 is 21.6 Å². The van der Waals surface area contributed by atoms with Gasteiger partial charge in [-0.1, -0.05) is 0 Å². The fourth-order valence-electron chi connectivity index (χ4n) is 2.20. The van der Waals surface area contributed by atoms with E-state index in [2.05, 4.69) is 10.5 Å². The zero-order valence-corrected chi connectivity index (χ0v) is 12.7. The van der Waals surface area contributed by atoms with Gasteiger partial charge in [0.2, 0.25) is 0 Å². The molecule has 0 bridgehead atoms. The van der Waals surface area contributed by atoms with Crippen molar-refractivity contribution in [1.29, 1.82) is 0 Å². The molecule has 0 radical (unpaired) electrons. The number of benzene rings is 1. The number of carbonyl (C=O) groups is 1. The van der Waals surface area contributed by atoms with Crippen molar-refractivity contribution in [3.63, 3.8) is 0 Å². The Balaban J connectivity index is 1.84. The number of hydrogen-bond acceptors (Lipinski definition) is 6. The van der Waals surface area contributed by atoms with E-state index in [4.69, 9.17) is 9.47 Å². The number of sulfone groups is 1. The Hall–Kier alpha value is -2.29. The second-order valence-corrected chi connectivity index (χ2v) is 6.97. The van der Waals surface area contributed by atoms with Crippen LogP contribution in [-0.2, 0) is 9.84 Å². The van der Waals surface area contributed by atoms with Crippen molar-refractivity contribution in [2.24, 2.45) is 5.10 Å². The van der Waals surface area contributed by atoms with Crippen LogP contribution in [0.25, 0.3) is 0 Å². The second-order valence-electron chi connectivity index (χ2n) is 5.01. The highest BCUT2D eigenvalue weighted by molar-refractivity contribution is 7.91. The summed E-state index contributed by atoms with van der Waals surface area (Å²) in [7, 11) is -3.68. The largest absolute Gasteiger partial charge is 0.486 e. The first-order chi connectivity index (χ1) is 10.5. The van der Waals surface area contributed by atoms with Gasteiger partial charge in [0.25, 0.3) is 0 Å². The topological polar surface area (TPSA) is 97.3 Å². The number of ether oxygens (including phenoxy) is 2. The maximum Gasteiger partial charge on any atom is 0.339 e. The molecule has 2 heterocycles. The zero-order valence-electron chi connectivity index (χ0n) is 11.9. The fraction of sp³-hybridized carbons (Fsp3) is 0.385. The Morgan fingerprint density at radius 2 is 2.00 bits per heavy atom. The maximum absolute atomic E-state index is 12.5. The molecule has 0 aliphatic carbocycles. The van der Waals surface area contributed by atoms with E-state index in [1.807, 2.05) is 0 Å². The number of hydrazone groups is 1. The number of fused-ring (bicyclic) bond motifs is 1. The third-order valence-electron chi connectivity index (χ3n) is 3.25. The van der Waals surface area contributed by atoms with E-state index in [1.54, 1.807) is 13.0 Å². The Morgan fingerprint density at radius 1 is 1.27 bits per heavy atom. The quantitative estimate of drug-likeness (QED) is 0.877. The smallest absolute Gasteiger partial charge is 0.339 e. The molecule has 2 amide bonds. The van der Waals surface area contributed by atoms with E-state index in [-0.39, 0.29) is 11.4 Å². The summed E-state index contributed by atoms with van der Waals surface area (Å²) in [6.45, 7) is 2.70. The van der Waals surface area contributed by atoms with Crippen LogP contribution in [0.5, 0.6) is 11.5 Å². The van der Waals surface area contributed by atoms with Gasteiger partial charge in [0, 0.05) is 6.07 Å². The average molecular weight is 325 g/mol. The number of nitrogens with zero attached hydrogens (tertiary/aromatic N) is 2. The Labute approximate surface area is 127 Å². The third-order valence-corrected chi connectivity index (χ3v) is 4.87. The summed E-state index contributed by atoms with van der Waals surface area (Å²) in [6.07, 6.45) is 0. The highest BCUT2D eigenvalue weighted by atomic mass is 32.2. The SMILES string of the molecule is CC1=NNC(=O)N(CS(=O)(=O)c2ccc3c(c2)OCCO3)C1. The van der Waals surface area contributed by atoms with Crippen molar-refractivity contribution in [3.05, 3.63) is 18.2 Å². The van der Waals surface area contributed by atoms with E-state index < -0.39 is 21.7 Å². The van der Waals surface area contributed by atoms with Crippen molar-refractivity contribution in [3.8, 4) is 11.5 Å². The summed E-state index contributed by atoms with van der Waals surface area (Å²) in [6, 6.07) is 3.90. The molecule has 0 saturated carbocycles. The van der Waals surface area contributed by atoms with Crippen molar-refractivity contribution in [2.45, 2.75) is 11.8 Å². The third kappa shape index (κ3) is 2.84. The summed E-state index contributed by atoms with van der Waals surface area (Å²) in [5.41, 5.74) is 2.91.